The van der Waals surface area contributed by atoms with Crippen LogP contribution < -0.4 is 5.73 Å². The van der Waals surface area contributed by atoms with Gasteiger partial charge in [-0.05, 0) is 6.92 Å². The second kappa shape index (κ2) is 5.84. The molecule has 1 atom stereocenters. The van der Waals surface area contributed by atoms with Crippen molar-refractivity contribution in [2.75, 3.05) is 5.73 Å². The lowest BCUT2D eigenvalue weighted by molar-refractivity contribution is -0.136. The molecular formula is C6H10N2O2S2. The van der Waals surface area contributed by atoms with Crippen LogP contribution in [0.2, 0.25) is 0 Å². The second-order valence-electron chi connectivity index (χ2n) is 1.92. The number of hydrogen-bond donors (Lipinski definition) is 3. The summed E-state index contributed by atoms with van der Waals surface area (Å²) in [6.45, 7) is 1.51. The first kappa shape index (κ1) is 11.2. The van der Waals surface area contributed by atoms with Crippen molar-refractivity contribution in [1.29, 1.82) is 0 Å². The number of nitrogen functional groups attached to an aromatic ring is 1. The van der Waals surface area contributed by atoms with Gasteiger partial charge in [-0.1, -0.05) is 0 Å². The molecule has 3 N–H and O–H groups in total. The van der Waals surface area contributed by atoms with Crippen LogP contribution in [0.25, 0.3) is 0 Å². The minimum absolute atomic E-state index is 0.537. The maximum absolute atomic E-state index is 9.62. The van der Waals surface area contributed by atoms with Gasteiger partial charge in [-0.15, -0.1) is 11.3 Å². The van der Waals surface area contributed by atoms with Gasteiger partial charge in [-0.2, -0.15) is 12.6 Å². The first-order valence-electron chi connectivity index (χ1n) is 3.09. The summed E-state index contributed by atoms with van der Waals surface area (Å²) in [6, 6.07) is 0. The molecule has 0 radical (unpaired) electrons. The molecule has 0 amide bonds. The van der Waals surface area contributed by atoms with E-state index in [1.807, 2.05) is 0 Å². The predicted molar refractivity (Wildman–Crippen MR) is 52.6 cm³/mol. The summed E-state index contributed by atoms with van der Waals surface area (Å²) in [7, 11) is 0. The van der Waals surface area contributed by atoms with Crippen molar-refractivity contribution in [2.45, 2.75) is 12.2 Å². The molecular weight excluding hydrogens is 196 g/mol. The van der Waals surface area contributed by atoms with Crippen LogP contribution in [0.5, 0.6) is 0 Å². The lowest BCUT2D eigenvalue weighted by Crippen LogP contribution is -2.06. The van der Waals surface area contributed by atoms with E-state index in [-0.39, 0.29) is 0 Å². The Morgan fingerprint density at radius 1 is 1.92 bits per heavy atom. The van der Waals surface area contributed by atoms with E-state index in [9.17, 15) is 4.79 Å². The highest BCUT2D eigenvalue weighted by Gasteiger charge is 2.00. The average molecular weight is 206 g/mol. The number of thiazole rings is 1. The molecule has 0 bridgehead atoms. The Morgan fingerprint density at radius 3 is 2.50 bits per heavy atom. The van der Waals surface area contributed by atoms with Crippen molar-refractivity contribution in [3.05, 3.63) is 11.7 Å². The highest BCUT2D eigenvalue weighted by Crippen LogP contribution is 2.04. The van der Waals surface area contributed by atoms with Crippen molar-refractivity contribution in [2.24, 2.45) is 0 Å². The van der Waals surface area contributed by atoms with E-state index in [1.54, 1.807) is 11.7 Å². The van der Waals surface area contributed by atoms with Crippen LogP contribution in [0.4, 0.5) is 5.00 Å². The number of aromatic nitrogens is 1. The van der Waals surface area contributed by atoms with Gasteiger partial charge in [-0.25, -0.2) is 0 Å². The minimum atomic E-state index is -0.877. The Hall–Kier alpha value is -0.750. The zero-order valence-electron chi connectivity index (χ0n) is 6.47. The van der Waals surface area contributed by atoms with E-state index in [0.29, 0.717) is 0 Å². The summed E-state index contributed by atoms with van der Waals surface area (Å²) in [5.41, 5.74) is 6.94. The zero-order chi connectivity index (χ0) is 9.56. The average Bonchev–Trinajstić information content (AvgIpc) is 2.40. The van der Waals surface area contributed by atoms with Gasteiger partial charge < -0.3 is 10.8 Å². The van der Waals surface area contributed by atoms with E-state index in [0.717, 1.165) is 5.00 Å². The number of thiol groups is 1. The minimum Gasteiger partial charge on any atom is -0.480 e. The smallest absolute Gasteiger partial charge is 0.316 e. The lowest BCUT2D eigenvalue weighted by atomic mass is 10.5. The summed E-state index contributed by atoms with van der Waals surface area (Å²) in [5.74, 6) is -0.877. The molecule has 0 aliphatic heterocycles. The molecule has 0 aliphatic carbocycles. The lowest BCUT2D eigenvalue weighted by Gasteiger charge is -1.88. The predicted octanol–water partition coefficient (Wildman–Crippen LogP) is 1.11. The van der Waals surface area contributed by atoms with Crippen molar-refractivity contribution < 1.29 is 9.90 Å². The first-order chi connectivity index (χ1) is 5.54. The van der Waals surface area contributed by atoms with Crippen molar-refractivity contribution in [3.63, 3.8) is 0 Å². The Labute approximate surface area is 79.8 Å². The van der Waals surface area contributed by atoms with Crippen LogP contribution >= 0.6 is 24.0 Å². The molecule has 0 spiro atoms. The van der Waals surface area contributed by atoms with Crippen LogP contribution in [-0.4, -0.2) is 21.3 Å². The molecule has 68 valence electrons. The Kier molecular flexibility index (Phi) is 5.48. The SMILES string of the molecule is CC(S)C(=O)O.Nc1cncs1. The number of hydrogen-bond acceptors (Lipinski definition) is 5. The molecule has 1 rings (SSSR count). The van der Waals surface area contributed by atoms with Crippen LogP contribution in [-0.2, 0) is 4.79 Å². The fraction of sp³-hybridized carbons (Fsp3) is 0.333. The molecule has 0 aromatic carbocycles. The number of carboxylic acid groups (broad SMARTS) is 1. The summed E-state index contributed by atoms with van der Waals surface area (Å²) < 4.78 is 0. The van der Waals surface area contributed by atoms with Gasteiger partial charge in [0.25, 0.3) is 0 Å². The number of anilines is 1. The number of carbonyl (C=O) groups is 1. The molecule has 1 aromatic rings. The molecule has 1 unspecified atom stereocenters. The summed E-state index contributed by atoms with van der Waals surface area (Å²) in [4.78, 5) is 13.3. The van der Waals surface area contributed by atoms with E-state index in [1.165, 1.54) is 18.3 Å². The number of rotatable bonds is 1. The molecule has 1 aromatic heterocycles. The number of aliphatic carboxylic acids is 1. The number of nitrogens with zero attached hydrogens (tertiary/aromatic N) is 1. The van der Waals surface area contributed by atoms with E-state index in [2.05, 4.69) is 17.6 Å². The maximum atomic E-state index is 9.62. The third-order valence-corrected chi connectivity index (χ3v) is 1.63. The van der Waals surface area contributed by atoms with Crippen molar-refractivity contribution >= 4 is 34.9 Å². The normalized spacial score (nSPS) is 11.2. The Bertz CT molecular complexity index is 223. The Morgan fingerprint density at radius 2 is 2.42 bits per heavy atom. The maximum Gasteiger partial charge on any atom is 0.316 e. The molecule has 1 heterocycles. The van der Waals surface area contributed by atoms with Crippen LogP contribution in [0.1, 0.15) is 6.92 Å². The highest BCUT2D eigenvalue weighted by molar-refractivity contribution is 7.81. The van der Waals surface area contributed by atoms with E-state index < -0.39 is 11.2 Å². The first-order valence-corrected chi connectivity index (χ1v) is 4.48. The van der Waals surface area contributed by atoms with Crippen molar-refractivity contribution in [1.82, 2.24) is 4.98 Å². The standard InChI is InChI=1S/C3H4N2S.C3H6O2S/c4-3-1-5-2-6-3;1-2(6)3(4)5/h1-2H,4H2;2,6H,1H3,(H,4,5). The molecule has 12 heavy (non-hydrogen) atoms. The van der Waals surface area contributed by atoms with Crippen molar-refractivity contribution in [3.8, 4) is 0 Å². The zero-order valence-corrected chi connectivity index (χ0v) is 8.18. The molecule has 4 nitrogen and oxygen atoms in total. The fourth-order valence-corrected chi connectivity index (χ4v) is 0.591. The third-order valence-electron chi connectivity index (χ3n) is 0.809. The third kappa shape index (κ3) is 5.99. The van der Waals surface area contributed by atoms with E-state index in [4.69, 9.17) is 10.8 Å². The van der Waals surface area contributed by atoms with Gasteiger partial charge in [-0.3, -0.25) is 9.78 Å². The quantitative estimate of drug-likeness (QED) is 0.602. The molecule has 6 heteroatoms. The summed E-state index contributed by atoms with van der Waals surface area (Å²) in [5, 5.41) is 8.15. The largest absolute Gasteiger partial charge is 0.480 e. The summed E-state index contributed by atoms with van der Waals surface area (Å²) >= 11 is 5.04. The highest BCUT2D eigenvalue weighted by atomic mass is 32.1. The van der Waals surface area contributed by atoms with Crippen LogP contribution in [0, 0.1) is 0 Å². The van der Waals surface area contributed by atoms with Gasteiger partial charge >= 0.3 is 5.97 Å². The monoisotopic (exact) mass is 206 g/mol. The number of nitrogens with two attached hydrogens (primary N) is 1. The summed E-state index contributed by atoms with van der Waals surface area (Å²) in [6.07, 6.45) is 1.63. The van der Waals surface area contributed by atoms with Gasteiger partial charge in [0, 0.05) is 0 Å². The van der Waals surface area contributed by atoms with Gasteiger partial charge in [0.15, 0.2) is 0 Å². The van der Waals surface area contributed by atoms with Gasteiger partial charge in [0.2, 0.25) is 0 Å². The van der Waals surface area contributed by atoms with Crippen LogP contribution in [0.15, 0.2) is 11.7 Å². The van der Waals surface area contributed by atoms with E-state index >= 15 is 0 Å². The molecule has 0 fully saturated rings. The molecule has 0 aliphatic rings. The topological polar surface area (TPSA) is 76.2 Å². The Balaban J connectivity index is 0.000000202. The molecule has 0 saturated carbocycles. The van der Waals surface area contributed by atoms with Gasteiger partial charge in [0.1, 0.15) is 5.00 Å². The molecule has 0 saturated heterocycles. The van der Waals surface area contributed by atoms with Gasteiger partial charge in [0.05, 0.1) is 17.0 Å². The fourth-order valence-electron chi connectivity index (χ4n) is 0.226. The van der Waals surface area contributed by atoms with Crippen LogP contribution in [0.3, 0.4) is 0 Å². The second-order valence-corrected chi connectivity index (χ2v) is 3.61. The number of carboxylic acids is 1.